The van der Waals surface area contributed by atoms with Crippen molar-refractivity contribution in [2.75, 3.05) is 5.32 Å². The molecule has 1 aromatic carbocycles. The van der Waals surface area contributed by atoms with Gasteiger partial charge >= 0.3 is 0 Å². The van der Waals surface area contributed by atoms with Crippen molar-refractivity contribution in [1.82, 2.24) is 0 Å². The van der Waals surface area contributed by atoms with Gasteiger partial charge in [-0.25, -0.2) is 0 Å². The average molecular weight is 217 g/mol. The number of hydrogen-bond donors (Lipinski definition) is 1. The van der Waals surface area contributed by atoms with Crippen molar-refractivity contribution >= 4 is 5.69 Å². The first-order chi connectivity index (χ1) is 7.79. The summed E-state index contributed by atoms with van der Waals surface area (Å²) in [6.07, 6.45) is 8.02. The monoisotopic (exact) mass is 217 g/mol. The van der Waals surface area contributed by atoms with Gasteiger partial charge in [0.2, 0.25) is 0 Å². The summed E-state index contributed by atoms with van der Waals surface area (Å²) in [5.41, 5.74) is 4.18. The van der Waals surface area contributed by atoms with Crippen LogP contribution in [0.3, 0.4) is 0 Å². The molecule has 1 aromatic rings. The molecule has 1 aliphatic rings. The van der Waals surface area contributed by atoms with Crippen LogP contribution in [0, 0.1) is 6.92 Å². The molecule has 0 atom stereocenters. The highest BCUT2D eigenvalue weighted by molar-refractivity contribution is 5.53. The number of benzene rings is 1. The first-order valence-electron chi connectivity index (χ1n) is 6.65. The lowest BCUT2D eigenvalue weighted by Gasteiger charge is -2.25. The van der Waals surface area contributed by atoms with Crippen molar-refractivity contribution in [3.8, 4) is 0 Å². The van der Waals surface area contributed by atoms with Crippen molar-refractivity contribution in [3.05, 3.63) is 29.3 Å². The van der Waals surface area contributed by atoms with Crippen LogP contribution in [-0.2, 0) is 6.42 Å². The van der Waals surface area contributed by atoms with Crippen LogP contribution in [0.5, 0.6) is 0 Å². The minimum absolute atomic E-state index is 0.709. The summed E-state index contributed by atoms with van der Waals surface area (Å²) in [4.78, 5) is 0. The van der Waals surface area contributed by atoms with Gasteiger partial charge in [-0.1, -0.05) is 38.3 Å². The van der Waals surface area contributed by atoms with Crippen LogP contribution in [0.1, 0.15) is 50.2 Å². The van der Waals surface area contributed by atoms with Crippen LogP contribution in [0.2, 0.25) is 0 Å². The van der Waals surface area contributed by atoms with Gasteiger partial charge < -0.3 is 5.32 Å². The van der Waals surface area contributed by atoms with E-state index in [1.807, 2.05) is 0 Å². The lowest BCUT2D eigenvalue weighted by Crippen LogP contribution is -2.22. The Labute approximate surface area is 99.3 Å². The molecule has 1 fully saturated rings. The molecule has 1 aliphatic carbocycles. The number of aryl methyl sites for hydroxylation is 2. The quantitative estimate of drug-likeness (QED) is 0.796. The van der Waals surface area contributed by atoms with Crippen molar-refractivity contribution in [3.63, 3.8) is 0 Å². The molecule has 0 radical (unpaired) electrons. The second-order valence-corrected chi connectivity index (χ2v) is 4.99. The van der Waals surface area contributed by atoms with Gasteiger partial charge in [-0.3, -0.25) is 0 Å². The largest absolute Gasteiger partial charge is 0.382 e. The van der Waals surface area contributed by atoms with Gasteiger partial charge in [0.25, 0.3) is 0 Å². The van der Waals surface area contributed by atoms with Crippen LogP contribution in [-0.4, -0.2) is 6.04 Å². The van der Waals surface area contributed by atoms with Crippen LogP contribution < -0.4 is 5.32 Å². The third-order valence-electron chi connectivity index (χ3n) is 3.61. The topological polar surface area (TPSA) is 12.0 Å². The van der Waals surface area contributed by atoms with E-state index in [4.69, 9.17) is 0 Å². The first-order valence-corrected chi connectivity index (χ1v) is 6.65. The Balaban J connectivity index is 2.09. The predicted octanol–water partition coefficient (Wildman–Crippen LogP) is 4.30. The molecule has 0 amide bonds. The molecule has 0 bridgehead atoms. The summed E-state index contributed by atoms with van der Waals surface area (Å²) in [7, 11) is 0. The molecule has 0 aromatic heterocycles. The molecule has 0 aliphatic heterocycles. The van der Waals surface area contributed by atoms with Crippen molar-refractivity contribution in [2.24, 2.45) is 0 Å². The molecular formula is C15H23N. The van der Waals surface area contributed by atoms with E-state index in [1.165, 1.54) is 48.9 Å². The van der Waals surface area contributed by atoms with E-state index in [1.54, 1.807) is 0 Å². The van der Waals surface area contributed by atoms with E-state index in [2.05, 4.69) is 37.4 Å². The molecular weight excluding hydrogens is 194 g/mol. The number of rotatable bonds is 3. The minimum atomic E-state index is 0.709. The van der Waals surface area contributed by atoms with Gasteiger partial charge in [0.15, 0.2) is 0 Å². The summed E-state index contributed by atoms with van der Waals surface area (Å²) >= 11 is 0. The van der Waals surface area contributed by atoms with E-state index >= 15 is 0 Å². The highest BCUT2D eigenvalue weighted by Gasteiger charge is 2.13. The Hall–Kier alpha value is -0.980. The summed E-state index contributed by atoms with van der Waals surface area (Å²) in [5, 5.41) is 3.74. The zero-order chi connectivity index (χ0) is 11.4. The standard InChI is InChI=1S/C15H23N/c1-3-13-10-9-12(2)11-15(13)16-14-7-5-4-6-8-14/h9-11,14,16H,3-8H2,1-2H3. The van der Waals surface area contributed by atoms with Crippen molar-refractivity contribution in [1.29, 1.82) is 0 Å². The lowest BCUT2D eigenvalue weighted by atomic mass is 9.94. The molecule has 2 rings (SSSR count). The fourth-order valence-electron chi connectivity index (χ4n) is 2.60. The highest BCUT2D eigenvalue weighted by Crippen LogP contribution is 2.24. The maximum atomic E-state index is 3.74. The summed E-state index contributed by atoms with van der Waals surface area (Å²) in [6.45, 7) is 4.40. The van der Waals surface area contributed by atoms with Gasteiger partial charge in [0.1, 0.15) is 0 Å². The van der Waals surface area contributed by atoms with E-state index in [0.717, 1.165) is 6.42 Å². The molecule has 0 unspecified atom stereocenters. The number of nitrogens with one attached hydrogen (secondary N) is 1. The Bertz CT molecular complexity index is 337. The zero-order valence-electron chi connectivity index (χ0n) is 10.6. The second-order valence-electron chi connectivity index (χ2n) is 4.99. The molecule has 1 saturated carbocycles. The molecule has 0 heterocycles. The zero-order valence-corrected chi connectivity index (χ0v) is 10.6. The van der Waals surface area contributed by atoms with Gasteiger partial charge in [-0.2, -0.15) is 0 Å². The van der Waals surface area contributed by atoms with Crippen LogP contribution >= 0.6 is 0 Å². The summed E-state index contributed by atoms with van der Waals surface area (Å²) in [5.74, 6) is 0. The SMILES string of the molecule is CCc1ccc(C)cc1NC1CCCCC1. The van der Waals surface area contributed by atoms with Crippen LogP contribution in [0.15, 0.2) is 18.2 Å². The van der Waals surface area contributed by atoms with E-state index < -0.39 is 0 Å². The Morgan fingerprint density at radius 1 is 1.19 bits per heavy atom. The lowest BCUT2D eigenvalue weighted by molar-refractivity contribution is 0.462. The van der Waals surface area contributed by atoms with Crippen molar-refractivity contribution < 1.29 is 0 Å². The molecule has 0 spiro atoms. The number of anilines is 1. The highest BCUT2D eigenvalue weighted by atomic mass is 14.9. The van der Waals surface area contributed by atoms with Gasteiger partial charge in [0.05, 0.1) is 0 Å². The van der Waals surface area contributed by atoms with E-state index in [0.29, 0.717) is 6.04 Å². The number of hydrogen-bond acceptors (Lipinski definition) is 1. The Morgan fingerprint density at radius 2 is 1.94 bits per heavy atom. The fraction of sp³-hybridized carbons (Fsp3) is 0.600. The van der Waals surface area contributed by atoms with Gasteiger partial charge in [-0.05, 0) is 43.4 Å². The normalized spacial score (nSPS) is 17.4. The molecule has 0 saturated heterocycles. The maximum absolute atomic E-state index is 3.74. The third-order valence-corrected chi connectivity index (χ3v) is 3.61. The van der Waals surface area contributed by atoms with Gasteiger partial charge in [0, 0.05) is 11.7 Å². The molecule has 16 heavy (non-hydrogen) atoms. The predicted molar refractivity (Wildman–Crippen MR) is 71.1 cm³/mol. The maximum Gasteiger partial charge on any atom is 0.0377 e. The summed E-state index contributed by atoms with van der Waals surface area (Å²) in [6, 6.07) is 7.49. The Morgan fingerprint density at radius 3 is 2.62 bits per heavy atom. The van der Waals surface area contributed by atoms with Gasteiger partial charge in [-0.15, -0.1) is 0 Å². The Kier molecular flexibility index (Phi) is 3.87. The second kappa shape index (κ2) is 5.38. The van der Waals surface area contributed by atoms with Crippen molar-refractivity contribution in [2.45, 2.75) is 58.4 Å². The van der Waals surface area contributed by atoms with E-state index in [-0.39, 0.29) is 0 Å². The molecule has 1 heteroatoms. The van der Waals surface area contributed by atoms with Crippen LogP contribution in [0.4, 0.5) is 5.69 Å². The average Bonchev–Trinajstić information content (AvgIpc) is 2.31. The fourth-order valence-corrected chi connectivity index (χ4v) is 2.60. The van der Waals surface area contributed by atoms with Crippen LogP contribution in [0.25, 0.3) is 0 Å². The minimum Gasteiger partial charge on any atom is -0.382 e. The third kappa shape index (κ3) is 2.78. The molecule has 1 N–H and O–H groups in total. The molecule has 1 nitrogen and oxygen atoms in total. The molecule has 88 valence electrons. The first kappa shape index (κ1) is 11.5. The summed E-state index contributed by atoms with van der Waals surface area (Å²) < 4.78 is 0. The smallest absolute Gasteiger partial charge is 0.0377 e. The van der Waals surface area contributed by atoms with E-state index in [9.17, 15) is 0 Å².